The lowest BCUT2D eigenvalue weighted by atomic mass is 10.4. The van der Waals surface area contributed by atoms with Gasteiger partial charge in [0.15, 0.2) is 5.82 Å². The first-order chi connectivity index (χ1) is 7.74. The Balaban J connectivity index is 2.22. The third-order valence-electron chi connectivity index (χ3n) is 2.55. The molecule has 0 saturated heterocycles. The van der Waals surface area contributed by atoms with E-state index in [1.165, 1.54) is 0 Å². The minimum Gasteiger partial charge on any atom is -0.397 e. The van der Waals surface area contributed by atoms with E-state index in [1.54, 1.807) is 12.4 Å². The number of imidazole rings is 1. The van der Waals surface area contributed by atoms with Crippen molar-refractivity contribution < 1.29 is 0 Å². The molecule has 5 nitrogen and oxygen atoms in total. The van der Waals surface area contributed by atoms with Crippen LogP contribution in [0.25, 0.3) is 22.6 Å². The van der Waals surface area contributed by atoms with Crippen molar-refractivity contribution in [2.75, 3.05) is 5.73 Å². The number of pyridine rings is 1. The van der Waals surface area contributed by atoms with Crippen LogP contribution in [-0.2, 0) is 7.05 Å². The zero-order chi connectivity index (χ0) is 11.1. The lowest BCUT2D eigenvalue weighted by Gasteiger charge is -1.96. The average Bonchev–Trinajstić information content (AvgIpc) is 2.81. The van der Waals surface area contributed by atoms with Gasteiger partial charge in [-0.3, -0.25) is 4.98 Å². The number of nitrogen functional groups attached to an aromatic ring is 1. The number of nitrogens with one attached hydrogen (secondary N) is 1. The SMILES string of the molecule is Cn1cc(N)cc1-c1nc2ccncc2[nH]1. The first-order valence-electron chi connectivity index (χ1n) is 4.96. The van der Waals surface area contributed by atoms with Crippen molar-refractivity contribution >= 4 is 16.7 Å². The van der Waals surface area contributed by atoms with Gasteiger partial charge in [-0.05, 0) is 12.1 Å². The summed E-state index contributed by atoms with van der Waals surface area (Å²) in [6.45, 7) is 0. The van der Waals surface area contributed by atoms with Crippen molar-refractivity contribution in [1.29, 1.82) is 0 Å². The van der Waals surface area contributed by atoms with E-state index in [-0.39, 0.29) is 0 Å². The Morgan fingerprint density at radius 3 is 3.00 bits per heavy atom. The number of aryl methyl sites for hydroxylation is 1. The molecular formula is C11H11N5. The van der Waals surface area contributed by atoms with Crippen LogP contribution in [0.1, 0.15) is 0 Å². The summed E-state index contributed by atoms with van der Waals surface area (Å²) in [5.41, 5.74) is 9.27. The fraction of sp³-hybridized carbons (Fsp3) is 0.0909. The third kappa shape index (κ3) is 1.25. The number of H-pyrrole nitrogens is 1. The van der Waals surface area contributed by atoms with E-state index < -0.39 is 0 Å². The number of aromatic amines is 1. The highest BCUT2D eigenvalue weighted by Gasteiger charge is 2.08. The number of anilines is 1. The molecule has 0 spiro atoms. The molecule has 3 aromatic heterocycles. The molecule has 3 N–H and O–H groups in total. The summed E-state index contributed by atoms with van der Waals surface area (Å²) in [7, 11) is 1.94. The largest absolute Gasteiger partial charge is 0.397 e. The van der Waals surface area contributed by atoms with Crippen LogP contribution in [-0.4, -0.2) is 19.5 Å². The molecule has 0 aliphatic carbocycles. The summed E-state index contributed by atoms with van der Waals surface area (Å²) in [5.74, 6) is 0.808. The van der Waals surface area contributed by atoms with E-state index in [4.69, 9.17) is 5.73 Å². The van der Waals surface area contributed by atoms with Gasteiger partial charge in [0, 0.05) is 19.4 Å². The monoisotopic (exact) mass is 213 g/mol. The van der Waals surface area contributed by atoms with Crippen molar-refractivity contribution in [3.63, 3.8) is 0 Å². The average molecular weight is 213 g/mol. The number of nitrogens with zero attached hydrogens (tertiary/aromatic N) is 3. The standard InChI is InChI=1S/C11H11N5/c1-16-6-7(12)4-10(16)11-14-8-2-3-13-5-9(8)15-11/h2-6H,12H2,1H3,(H,14,15). The normalized spacial score (nSPS) is 11.1. The predicted molar refractivity (Wildman–Crippen MR) is 62.7 cm³/mol. The Bertz CT molecular complexity index is 616. The van der Waals surface area contributed by atoms with Crippen molar-refractivity contribution in [2.24, 2.45) is 7.05 Å². The molecule has 5 heteroatoms. The molecule has 0 amide bonds. The number of nitrogens with two attached hydrogens (primary N) is 1. The molecule has 0 bridgehead atoms. The van der Waals surface area contributed by atoms with Crippen molar-refractivity contribution in [3.05, 3.63) is 30.7 Å². The fourth-order valence-corrected chi connectivity index (χ4v) is 1.80. The van der Waals surface area contributed by atoms with Crippen LogP contribution >= 0.6 is 0 Å². The van der Waals surface area contributed by atoms with E-state index in [9.17, 15) is 0 Å². The van der Waals surface area contributed by atoms with Gasteiger partial charge in [-0.2, -0.15) is 0 Å². The van der Waals surface area contributed by atoms with Crippen LogP contribution in [0.5, 0.6) is 0 Å². The van der Waals surface area contributed by atoms with Gasteiger partial charge >= 0.3 is 0 Å². The molecular weight excluding hydrogens is 202 g/mol. The van der Waals surface area contributed by atoms with Gasteiger partial charge in [0.1, 0.15) is 0 Å². The molecule has 0 aliphatic heterocycles. The quantitative estimate of drug-likeness (QED) is 0.644. The maximum absolute atomic E-state index is 5.74. The van der Waals surface area contributed by atoms with Crippen LogP contribution in [0.15, 0.2) is 30.7 Å². The number of aromatic nitrogens is 4. The first-order valence-corrected chi connectivity index (χ1v) is 4.96. The molecule has 80 valence electrons. The molecule has 0 radical (unpaired) electrons. The molecule has 0 fully saturated rings. The van der Waals surface area contributed by atoms with Crippen LogP contribution in [0.2, 0.25) is 0 Å². The topological polar surface area (TPSA) is 72.5 Å². The molecule has 3 rings (SSSR count). The zero-order valence-corrected chi connectivity index (χ0v) is 8.81. The Kier molecular flexibility index (Phi) is 1.73. The van der Waals surface area contributed by atoms with Crippen molar-refractivity contribution in [3.8, 4) is 11.5 Å². The minimum atomic E-state index is 0.732. The summed E-state index contributed by atoms with van der Waals surface area (Å²) >= 11 is 0. The van der Waals surface area contributed by atoms with Gasteiger partial charge in [-0.1, -0.05) is 0 Å². The second-order valence-electron chi connectivity index (χ2n) is 3.75. The van der Waals surface area contributed by atoms with Crippen LogP contribution in [0.4, 0.5) is 5.69 Å². The Morgan fingerprint density at radius 2 is 2.31 bits per heavy atom. The van der Waals surface area contributed by atoms with Crippen LogP contribution in [0.3, 0.4) is 0 Å². The molecule has 0 atom stereocenters. The second kappa shape index (κ2) is 3.10. The number of fused-ring (bicyclic) bond motifs is 1. The molecule has 16 heavy (non-hydrogen) atoms. The van der Waals surface area contributed by atoms with E-state index in [2.05, 4.69) is 15.0 Å². The predicted octanol–water partition coefficient (Wildman–Crippen LogP) is 1.55. The highest BCUT2D eigenvalue weighted by Crippen LogP contribution is 2.22. The van der Waals surface area contributed by atoms with Crippen LogP contribution < -0.4 is 5.73 Å². The lowest BCUT2D eigenvalue weighted by molar-refractivity contribution is 0.928. The van der Waals surface area contributed by atoms with Gasteiger partial charge in [0.05, 0.1) is 28.6 Å². The van der Waals surface area contributed by atoms with E-state index in [0.29, 0.717) is 0 Å². The molecule has 0 aliphatic rings. The second-order valence-corrected chi connectivity index (χ2v) is 3.75. The molecule has 3 heterocycles. The van der Waals surface area contributed by atoms with Crippen LogP contribution in [0, 0.1) is 0 Å². The van der Waals surface area contributed by atoms with Gasteiger partial charge < -0.3 is 15.3 Å². The summed E-state index contributed by atoms with van der Waals surface area (Å²) in [5, 5.41) is 0. The Labute approximate surface area is 91.9 Å². The van der Waals surface area contributed by atoms with E-state index in [0.717, 1.165) is 28.2 Å². The summed E-state index contributed by atoms with van der Waals surface area (Å²) in [4.78, 5) is 11.7. The van der Waals surface area contributed by atoms with Crippen molar-refractivity contribution in [1.82, 2.24) is 19.5 Å². The molecule has 0 unspecified atom stereocenters. The Hall–Kier alpha value is -2.30. The molecule has 3 aromatic rings. The minimum absolute atomic E-state index is 0.732. The summed E-state index contributed by atoms with van der Waals surface area (Å²) in [6.07, 6.45) is 5.35. The van der Waals surface area contributed by atoms with E-state index >= 15 is 0 Å². The lowest BCUT2D eigenvalue weighted by Crippen LogP contribution is -1.90. The zero-order valence-electron chi connectivity index (χ0n) is 8.81. The number of hydrogen-bond acceptors (Lipinski definition) is 3. The maximum atomic E-state index is 5.74. The fourth-order valence-electron chi connectivity index (χ4n) is 1.80. The highest BCUT2D eigenvalue weighted by atomic mass is 15.0. The van der Waals surface area contributed by atoms with Gasteiger partial charge in [-0.15, -0.1) is 0 Å². The number of hydrogen-bond donors (Lipinski definition) is 2. The molecule has 0 saturated carbocycles. The first kappa shape index (κ1) is 8.96. The molecule has 0 aromatic carbocycles. The van der Waals surface area contributed by atoms with Gasteiger partial charge in [-0.25, -0.2) is 4.98 Å². The third-order valence-corrected chi connectivity index (χ3v) is 2.55. The highest BCUT2D eigenvalue weighted by molar-refractivity contribution is 5.78. The van der Waals surface area contributed by atoms with Gasteiger partial charge in [0.25, 0.3) is 0 Å². The number of rotatable bonds is 1. The summed E-state index contributed by atoms with van der Waals surface area (Å²) < 4.78 is 1.94. The maximum Gasteiger partial charge on any atom is 0.155 e. The van der Waals surface area contributed by atoms with E-state index in [1.807, 2.05) is 29.9 Å². The summed E-state index contributed by atoms with van der Waals surface area (Å²) in [6, 6.07) is 3.77. The van der Waals surface area contributed by atoms with Gasteiger partial charge in [0.2, 0.25) is 0 Å². The Morgan fingerprint density at radius 1 is 1.44 bits per heavy atom. The van der Waals surface area contributed by atoms with Crippen molar-refractivity contribution in [2.45, 2.75) is 0 Å². The smallest absolute Gasteiger partial charge is 0.155 e.